The third kappa shape index (κ3) is 7.60. The summed E-state index contributed by atoms with van der Waals surface area (Å²) in [6.07, 6.45) is -0.722. The lowest BCUT2D eigenvalue weighted by molar-refractivity contribution is -0.138. The summed E-state index contributed by atoms with van der Waals surface area (Å²) in [6.45, 7) is 6.09. The van der Waals surface area contributed by atoms with Gasteiger partial charge in [-0.05, 0) is 5.56 Å². The van der Waals surface area contributed by atoms with Crippen molar-refractivity contribution in [2.24, 2.45) is 0 Å². The molecular formula is C15H21NO4S. The quantitative estimate of drug-likeness (QED) is 0.845. The number of carboxylic acids is 1. The monoisotopic (exact) mass is 311 g/mol. The molecule has 1 aromatic carbocycles. The van der Waals surface area contributed by atoms with Crippen LogP contribution in [0.2, 0.25) is 0 Å². The zero-order valence-electron chi connectivity index (χ0n) is 12.5. The Morgan fingerprint density at radius 2 is 1.90 bits per heavy atom. The Morgan fingerprint density at radius 3 is 2.43 bits per heavy atom. The maximum atomic E-state index is 11.6. The van der Waals surface area contributed by atoms with Gasteiger partial charge >= 0.3 is 12.1 Å². The number of carboxylic acid groups (broad SMARTS) is 1. The van der Waals surface area contributed by atoms with Gasteiger partial charge in [0.05, 0.1) is 0 Å². The molecule has 6 heteroatoms. The molecule has 0 fully saturated rings. The molecule has 0 saturated heterocycles. The van der Waals surface area contributed by atoms with Gasteiger partial charge in [-0.3, -0.25) is 0 Å². The predicted molar refractivity (Wildman–Crippen MR) is 83.4 cm³/mol. The van der Waals surface area contributed by atoms with Gasteiger partial charge in [0.25, 0.3) is 0 Å². The van der Waals surface area contributed by atoms with Crippen LogP contribution in [0, 0.1) is 0 Å². The van der Waals surface area contributed by atoms with E-state index in [4.69, 9.17) is 9.84 Å². The van der Waals surface area contributed by atoms with Crippen LogP contribution in [0.4, 0.5) is 4.79 Å². The van der Waals surface area contributed by atoms with Crippen LogP contribution < -0.4 is 5.32 Å². The van der Waals surface area contributed by atoms with Crippen molar-refractivity contribution in [2.75, 3.05) is 5.75 Å². The summed E-state index contributed by atoms with van der Waals surface area (Å²) in [5, 5.41) is 11.5. The van der Waals surface area contributed by atoms with Crippen LogP contribution in [0.5, 0.6) is 0 Å². The minimum absolute atomic E-state index is 0.0661. The highest BCUT2D eigenvalue weighted by Gasteiger charge is 2.23. The Kier molecular flexibility index (Phi) is 6.55. The number of thioether (sulfide) groups is 1. The highest BCUT2D eigenvalue weighted by molar-refractivity contribution is 8.00. The number of carbonyl (C=O) groups excluding carboxylic acids is 1. The van der Waals surface area contributed by atoms with E-state index in [1.807, 2.05) is 51.1 Å². The molecule has 0 unspecified atom stereocenters. The van der Waals surface area contributed by atoms with Gasteiger partial charge in [-0.2, -0.15) is 11.8 Å². The van der Waals surface area contributed by atoms with Crippen LogP contribution in [-0.2, 0) is 16.1 Å². The Balaban J connectivity index is 2.43. The van der Waals surface area contributed by atoms with E-state index < -0.39 is 18.1 Å². The summed E-state index contributed by atoms with van der Waals surface area (Å²) in [6, 6.07) is 8.26. The maximum Gasteiger partial charge on any atom is 0.408 e. The lowest BCUT2D eigenvalue weighted by atomic mass is 10.2. The van der Waals surface area contributed by atoms with E-state index in [9.17, 15) is 9.59 Å². The van der Waals surface area contributed by atoms with Crippen molar-refractivity contribution in [2.45, 2.75) is 38.2 Å². The molecule has 1 atom stereocenters. The first-order valence-corrected chi connectivity index (χ1v) is 7.60. The first-order valence-electron chi connectivity index (χ1n) is 6.62. The number of carbonyl (C=O) groups is 2. The molecule has 0 saturated carbocycles. The number of hydrogen-bond acceptors (Lipinski definition) is 4. The Morgan fingerprint density at radius 1 is 1.29 bits per heavy atom. The second-order valence-electron chi connectivity index (χ2n) is 5.52. The van der Waals surface area contributed by atoms with Gasteiger partial charge in [0.15, 0.2) is 0 Å². The summed E-state index contributed by atoms with van der Waals surface area (Å²) < 4.78 is 4.95. The van der Waals surface area contributed by atoms with E-state index in [1.54, 1.807) is 0 Å². The topological polar surface area (TPSA) is 75.6 Å². The molecule has 2 N–H and O–H groups in total. The molecule has 1 rings (SSSR count). The van der Waals surface area contributed by atoms with Crippen molar-refractivity contribution in [3.8, 4) is 0 Å². The van der Waals surface area contributed by atoms with Crippen molar-refractivity contribution < 1.29 is 19.4 Å². The molecule has 1 aromatic rings. The van der Waals surface area contributed by atoms with Crippen LogP contribution in [0.1, 0.15) is 26.3 Å². The molecule has 0 radical (unpaired) electrons. The van der Waals surface area contributed by atoms with Gasteiger partial charge in [-0.1, -0.05) is 51.1 Å². The van der Waals surface area contributed by atoms with Crippen molar-refractivity contribution in [3.63, 3.8) is 0 Å². The van der Waals surface area contributed by atoms with E-state index in [2.05, 4.69) is 5.32 Å². The summed E-state index contributed by atoms with van der Waals surface area (Å²) in [5.74, 6) is -0.775. The molecule has 5 nitrogen and oxygen atoms in total. The van der Waals surface area contributed by atoms with Gasteiger partial charge in [0, 0.05) is 10.5 Å². The van der Waals surface area contributed by atoms with Gasteiger partial charge in [0.1, 0.15) is 12.6 Å². The minimum Gasteiger partial charge on any atom is -0.480 e. The van der Waals surface area contributed by atoms with Crippen LogP contribution in [-0.4, -0.2) is 33.7 Å². The summed E-state index contributed by atoms with van der Waals surface area (Å²) >= 11 is 1.48. The van der Waals surface area contributed by atoms with E-state index >= 15 is 0 Å². The van der Waals surface area contributed by atoms with Crippen LogP contribution in [0.15, 0.2) is 30.3 Å². The number of ether oxygens (including phenoxy) is 1. The zero-order chi connectivity index (χ0) is 15.9. The summed E-state index contributed by atoms with van der Waals surface area (Å²) in [7, 11) is 0. The normalized spacial score (nSPS) is 12.5. The predicted octanol–water partition coefficient (Wildman–Crippen LogP) is 2.90. The fraction of sp³-hybridized carbons (Fsp3) is 0.467. The highest BCUT2D eigenvalue weighted by Crippen LogP contribution is 2.23. The fourth-order valence-corrected chi connectivity index (χ4v) is 2.31. The van der Waals surface area contributed by atoms with Gasteiger partial charge in [-0.15, -0.1) is 0 Å². The molecular weight excluding hydrogens is 290 g/mol. The number of amides is 1. The third-order valence-corrected chi connectivity index (χ3v) is 3.85. The first kappa shape index (κ1) is 17.4. The lowest BCUT2D eigenvalue weighted by Crippen LogP contribution is -2.43. The average Bonchev–Trinajstić information content (AvgIpc) is 2.41. The number of nitrogens with one attached hydrogen (secondary N) is 1. The third-order valence-electron chi connectivity index (χ3n) is 2.49. The van der Waals surface area contributed by atoms with Crippen molar-refractivity contribution in [1.82, 2.24) is 5.32 Å². The molecule has 0 aliphatic heterocycles. The fourth-order valence-electron chi connectivity index (χ4n) is 1.42. The molecule has 0 heterocycles. The molecule has 0 aromatic heterocycles. The smallest absolute Gasteiger partial charge is 0.408 e. The van der Waals surface area contributed by atoms with E-state index in [0.29, 0.717) is 5.75 Å². The highest BCUT2D eigenvalue weighted by atomic mass is 32.2. The van der Waals surface area contributed by atoms with Crippen LogP contribution in [0.3, 0.4) is 0 Å². The minimum atomic E-state index is -1.07. The SMILES string of the molecule is CC(C)(C)SC[C@H](NC(=O)OCc1ccccc1)C(=O)O. The van der Waals surface area contributed by atoms with Crippen molar-refractivity contribution >= 4 is 23.8 Å². The maximum absolute atomic E-state index is 11.6. The molecule has 0 aliphatic carbocycles. The Hall–Kier alpha value is -1.69. The van der Waals surface area contributed by atoms with Crippen molar-refractivity contribution in [1.29, 1.82) is 0 Å². The first-order chi connectivity index (χ1) is 9.78. The molecule has 0 spiro atoms. The number of hydrogen-bond donors (Lipinski definition) is 2. The lowest BCUT2D eigenvalue weighted by Gasteiger charge is -2.21. The van der Waals surface area contributed by atoms with Crippen LogP contribution in [0.25, 0.3) is 0 Å². The Labute approximate surface area is 129 Å². The molecule has 116 valence electrons. The largest absolute Gasteiger partial charge is 0.480 e. The average molecular weight is 311 g/mol. The number of benzene rings is 1. The summed E-state index contributed by atoms with van der Waals surface area (Å²) in [5.41, 5.74) is 0.851. The second-order valence-corrected chi connectivity index (χ2v) is 7.37. The number of rotatable bonds is 6. The molecule has 1 amide bonds. The molecule has 21 heavy (non-hydrogen) atoms. The zero-order valence-corrected chi connectivity index (χ0v) is 13.3. The van der Waals surface area contributed by atoms with Gasteiger partial charge in [0.2, 0.25) is 0 Å². The van der Waals surface area contributed by atoms with Gasteiger partial charge < -0.3 is 15.2 Å². The Bertz CT molecular complexity index is 470. The molecule has 0 bridgehead atoms. The number of aliphatic carboxylic acids is 1. The van der Waals surface area contributed by atoms with Gasteiger partial charge in [-0.25, -0.2) is 9.59 Å². The second kappa shape index (κ2) is 7.93. The standard InChI is InChI=1S/C15H21NO4S/c1-15(2,3)21-10-12(13(17)18)16-14(19)20-9-11-7-5-4-6-8-11/h4-8,12H,9-10H2,1-3H3,(H,16,19)(H,17,18)/t12-/m0/s1. The van der Waals surface area contributed by atoms with E-state index in [-0.39, 0.29) is 11.4 Å². The number of alkyl carbamates (subject to hydrolysis) is 1. The summed E-state index contributed by atoms with van der Waals surface area (Å²) in [4.78, 5) is 22.8. The van der Waals surface area contributed by atoms with Crippen molar-refractivity contribution in [3.05, 3.63) is 35.9 Å². The van der Waals surface area contributed by atoms with Crippen LogP contribution >= 0.6 is 11.8 Å². The molecule has 0 aliphatic rings. The van der Waals surface area contributed by atoms with E-state index in [1.165, 1.54) is 11.8 Å². The van der Waals surface area contributed by atoms with E-state index in [0.717, 1.165) is 5.56 Å².